The van der Waals surface area contributed by atoms with Gasteiger partial charge in [-0.25, -0.2) is 4.39 Å². The summed E-state index contributed by atoms with van der Waals surface area (Å²) in [4.78, 5) is 12.1. The van der Waals surface area contributed by atoms with Crippen LogP contribution in [0, 0.1) is 5.82 Å². The average Bonchev–Trinajstić information content (AvgIpc) is 3.43. The highest BCUT2D eigenvalue weighted by Gasteiger charge is 2.15. The molecule has 6 heteroatoms. The molecule has 4 aromatic heterocycles. The lowest BCUT2D eigenvalue weighted by Crippen LogP contribution is -1.85. The first kappa shape index (κ1) is 17.5. The Labute approximate surface area is 176 Å². The third-order valence-electron chi connectivity index (χ3n) is 5.48. The number of benzene rings is 2. The molecule has 0 saturated heterocycles. The Morgan fingerprint density at radius 1 is 0.677 bits per heavy atom. The van der Waals surface area contributed by atoms with Gasteiger partial charge in [0.05, 0.1) is 16.9 Å². The fourth-order valence-electron chi connectivity index (χ4n) is 3.99. The van der Waals surface area contributed by atoms with Crippen molar-refractivity contribution < 1.29 is 4.39 Å². The molecule has 0 aliphatic heterocycles. The van der Waals surface area contributed by atoms with Gasteiger partial charge in [-0.05, 0) is 59.7 Å². The van der Waals surface area contributed by atoms with E-state index >= 15 is 0 Å². The quantitative estimate of drug-likeness (QED) is 0.381. The molecule has 0 spiro atoms. The molecular weight excluding hydrogens is 389 g/mol. The van der Waals surface area contributed by atoms with Gasteiger partial charge in [0.25, 0.3) is 0 Å². The number of aromatic amines is 2. The standard InChI is InChI=1S/C25H16FN5/c26-18-3-1-2-17(12-18)24-20-14-23(29-21(20)8-11-28-24)25-19-13-16(4-5-22(19)30-31-25)15-6-9-27-10-7-15/h1-14,29H,(H,30,31). The molecule has 2 aromatic carbocycles. The average molecular weight is 405 g/mol. The summed E-state index contributed by atoms with van der Waals surface area (Å²) in [6, 6.07) is 20.6. The van der Waals surface area contributed by atoms with Gasteiger partial charge in [0, 0.05) is 40.4 Å². The zero-order valence-electron chi connectivity index (χ0n) is 16.3. The lowest BCUT2D eigenvalue weighted by Gasteiger charge is -2.02. The molecule has 148 valence electrons. The SMILES string of the molecule is Fc1cccc(-c2nccc3[nH]c(-c4n[nH]c5ccc(-c6ccncc6)cc45)cc23)c1. The van der Waals surface area contributed by atoms with Crippen LogP contribution >= 0.6 is 0 Å². The van der Waals surface area contributed by atoms with Crippen LogP contribution in [0.5, 0.6) is 0 Å². The van der Waals surface area contributed by atoms with Crippen LogP contribution in [-0.2, 0) is 0 Å². The molecule has 0 fully saturated rings. The molecule has 0 aliphatic carbocycles. The second kappa shape index (κ2) is 6.88. The molecule has 6 aromatic rings. The van der Waals surface area contributed by atoms with E-state index in [9.17, 15) is 4.39 Å². The van der Waals surface area contributed by atoms with Crippen molar-refractivity contribution in [3.05, 3.63) is 91.1 Å². The molecule has 6 rings (SSSR count). The van der Waals surface area contributed by atoms with Gasteiger partial charge in [0.15, 0.2) is 0 Å². The number of aromatic nitrogens is 5. The monoisotopic (exact) mass is 405 g/mol. The summed E-state index contributed by atoms with van der Waals surface area (Å²) < 4.78 is 13.8. The fourth-order valence-corrected chi connectivity index (χ4v) is 3.99. The van der Waals surface area contributed by atoms with Gasteiger partial charge in [-0.1, -0.05) is 18.2 Å². The van der Waals surface area contributed by atoms with Gasteiger partial charge in [-0.3, -0.25) is 15.1 Å². The maximum atomic E-state index is 13.8. The summed E-state index contributed by atoms with van der Waals surface area (Å²) in [5, 5.41) is 9.61. The van der Waals surface area contributed by atoms with Gasteiger partial charge < -0.3 is 4.98 Å². The number of hydrogen-bond acceptors (Lipinski definition) is 3. The Kier molecular flexibility index (Phi) is 3.89. The van der Waals surface area contributed by atoms with E-state index in [1.807, 2.05) is 36.4 Å². The summed E-state index contributed by atoms with van der Waals surface area (Å²) in [7, 11) is 0. The molecule has 0 atom stereocenters. The number of hydrogen-bond donors (Lipinski definition) is 2. The minimum atomic E-state index is -0.283. The van der Waals surface area contributed by atoms with Crippen LogP contribution in [0.25, 0.3) is 55.6 Å². The maximum Gasteiger partial charge on any atom is 0.123 e. The number of fused-ring (bicyclic) bond motifs is 2. The fraction of sp³-hybridized carbons (Fsp3) is 0. The van der Waals surface area contributed by atoms with E-state index < -0.39 is 0 Å². The Hall–Kier alpha value is -4.32. The summed E-state index contributed by atoms with van der Waals surface area (Å²) in [6.07, 6.45) is 5.30. The predicted octanol–water partition coefficient (Wildman–Crippen LogP) is 5.97. The molecule has 0 amide bonds. The van der Waals surface area contributed by atoms with Crippen molar-refractivity contribution in [1.82, 2.24) is 25.1 Å². The number of nitrogens with one attached hydrogen (secondary N) is 2. The second-order valence-electron chi connectivity index (χ2n) is 7.38. The summed E-state index contributed by atoms with van der Waals surface area (Å²) in [5.41, 5.74) is 7.24. The molecule has 2 N–H and O–H groups in total. The molecule has 0 bridgehead atoms. The van der Waals surface area contributed by atoms with Gasteiger partial charge in [0.2, 0.25) is 0 Å². The van der Waals surface area contributed by atoms with Gasteiger partial charge in [-0.2, -0.15) is 5.10 Å². The van der Waals surface area contributed by atoms with Crippen molar-refractivity contribution in [3.8, 4) is 33.8 Å². The van der Waals surface area contributed by atoms with Crippen molar-refractivity contribution in [1.29, 1.82) is 0 Å². The summed E-state index contributed by atoms with van der Waals surface area (Å²) >= 11 is 0. The van der Waals surface area contributed by atoms with Crippen molar-refractivity contribution >= 4 is 21.8 Å². The minimum absolute atomic E-state index is 0.283. The first-order valence-corrected chi connectivity index (χ1v) is 9.89. The third kappa shape index (κ3) is 2.97. The number of H-pyrrole nitrogens is 2. The van der Waals surface area contributed by atoms with E-state index in [2.05, 4.69) is 37.3 Å². The highest BCUT2D eigenvalue weighted by Crippen LogP contribution is 2.34. The number of pyridine rings is 2. The van der Waals surface area contributed by atoms with E-state index in [0.717, 1.165) is 55.6 Å². The first-order chi connectivity index (χ1) is 15.3. The zero-order chi connectivity index (χ0) is 20.8. The molecule has 0 unspecified atom stereocenters. The molecule has 31 heavy (non-hydrogen) atoms. The highest BCUT2D eigenvalue weighted by molar-refractivity contribution is 6.00. The lowest BCUT2D eigenvalue weighted by molar-refractivity contribution is 0.628. The molecule has 0 radical (unpaired) electrons. The normalized spacial score (nSPS) is 11.4. The van der Waals surface area contributed by atoms with Crippen molar-refractivity contribution in [2.24, 2.45) is 0 Å². The molecule has 0 aliphatic rings. The van der Waals surface area contributed by atoms with E-state index in [0.29, 0.717) is 0 Å². The van der Waals surface area contributed by atoms with Gasteiger partial charge >= 0.3 is 0 Å². The lowest BCUT2D eigenvalue weighted by atomic mass is 10.0. The van der Waals surface area contributed by atoms with Crippen LogP contribution in [0.1, 0.15) is 0 Å². The van der Waals surface area contributed by atoms with Crippen LogP contribution in [0.3, 0.4) is 0 Å². The van der Waals surface area contributed by atoms with E-state index in [4.69, 9.17) is 0 Å². The minimum Gasteiger partial charge on any atom is -0.353 e. The Bertz CT molecular complexity index is 1550. The van der Waals surface area contributed by atoms with Crippen LogP contribution in [0.15, 0.2) is 85.3 Å². The first-order valence-electron chi connectivity index (χ1n) is 9.89. The zero-order valence-corrected chi connectivity index (χ0v) is 16.3. The van der Waals surface area contributed by atoms with E-state index in [1.54, 1.807) is 24.7 Å². The number of rotatable bonds is 3. The Morgan fingerprint density at radius 2 is 1.55 bits per heavy atom. The summed E-state index contributed by atoms with van der Waals surface area (Å²) in [5.74, 6) is -0.283. The second-order valence-corrected chi connectivity index (χ2v) is 7.38. The maximum absolute atomic E-state index is 13.8. The van der Waals surface area contributed by atoms with Crippen LogP contribution in [-0.4, -0.2) is 25.1 Å². The van der Waals surface area contributed by atoms with E-state index in [-0.39, 0.29) is 5.82 Å². The van der Waals surface area contributed by atoms with E-state index in [1.165, 1.54) is 12.1 Å². The molecule has 4 heterocycles. The smallest absolute Gasteiger partial charge is 0.123 e. The predicted molar refractivity (Wildman–Crippen MR) is 120 cm³/mol. The largest absolute Gasteiger partial charge is 0.353 e. The Morgan fingerprint density at radius 3 is 2.42 bits per heavy atom. The van der Waals surface area contributed by atoms with Gasteiger partial charge in [0.1, 0.15) is 11.5 Å². The van der Waals surface area contributed by atoms with Crippen LogP contribution < -0.4 is 0 Å². The summed E-state index contributed by atoms with van der Waals surface area (Å²) in [6.45, 7) is 0. The van der Waals surface area contributed by atoms with Crippen LogP contribution in [0.4, 0.5) is 4.39 Å². The number of halogens is 1. The highest BCUT2D eigenvalue weighted by atomic mass is 19.1. The van der Waals surface area contributed by atoms with Crippen molar-refractivity contribution in [3.63, 3.8) is 0 Å². The molecule has 0 saturated carbocycles. The van der Waals surface area contributed by atoms with Gasteiger partial charge in [-0.15, -0.1) is 0 Å². The molecular formula is C25H16FN5. The van der Waals surface area contributed by atoms with Crippen molar-refractivity contribution in [2.45, 2.75) is 0 Å². The van der Waals surface area contributed by atoms with Crippen LogP contribution in [0.2, 0.25) is 0 Å². The number of nitrogens with zero attached hydrogens (tertiary/aromatic N) is 3. The third-order valence-corrected chi connectivity index (χ3v) is 5.48. The topological polar surface area (TPSA) is 70.2 Å². The van der Waals surface area contributed by atoms with Crippen molar-refractivity contribution in [2.75, 3.05) is 0 Å². The Balaban J connectivity index is 1.52. The molecule has 5 nitrogen and oxygen atoms in total.